The molecule has 2 atom stereocenters. The number of allylic oxidation sites excluding steroid dienone is 6. The van der Waals surface area contributed by atoms with Crippen LogP contribution in [0, 0.1) is 0 Å². The second-order valence-corrected chi connectivity index (χ2v) is 8.40. The third-order valence-corrected chi connectivity index (χ3v) is 7.38. The summed E-state index contributed by atoms with van der Waals surface area (Å²) in [5.41, 5.74) is 8.75. The molecule has 0 saturated carbocycles. The van der Waals surface area contributed by atoms with E-state index < -0.39 is 0 Å². The van der Waals surface area contributed by atoms with Gasteiger partial charge in [-0.1, -0.05) is 60.7 Å². The molecule has 24 heavy (non-hydrogen) atoms. The molecule has 2 aliphatic heterocycles. The maximum Gasteiger partial charge on any atom is 0.0353 e. The van der Waals surface area contributed by atoms with E-state index in [0.29, 0.717) is 11.8 Å². The van der Waals surface area contributed by atoms with Crippen molar-refractivity contribution in [2.45, 2.75) is 11.8 Å². The van der Waals surface area contributed by atoms with Gasteiger partial charge in [-0.15, -0.1) is 23.5 Å². The maximum atomic E-state index is 2.36. The highest BCUT2D eigenvalue weighted by Crippen LogP contribution is 2.61. The molecule has 0 bridgehead atoms. The van der Waals surface area contributed by atoms with Crippen LogP contribution in [0.1, 0.15) is 34.1 Å². The van der Waals surface area contributed by atoms with Crippen molar-refractivity contribution in [2.24, 2.45) is 0 Å². The van der Waals surface area contributed by atoms with Crippen molar-refractivity contribution in [3.8, 4) is 0 Å². The van der Waals surface area contributed by atoms with Gasteiger partial charge in [0.15, 0.2) is 0 Å². The van der Waals surface area contributed by atoms with Crippen molar-refractivity contribution in [1.29, 1.82) is 0 Å². The van der Waals surface area contributed by atoms with Crippen molar-refractivity contribution in [3.63, 3.8) is 0 Å². The first kappa shape index (κ1) is 13.4. The Labute approximate surface area is 150 Å². The average Bonchev–Trinajstić information content (AvgIpc) is 3.36. The molecular weight excluding hydrogens is 328 g/mol. The Balaban J connectivity index is 1.68. The monoisotopic (exact) mass is 342 g/mol. The molecule has 2 aliphatic carbocycles. The van der Waals surface area contributed by atoms with Crippen LogP contribution in [0.2, 0.25) is 0 Å². The molecule has 4 aliphatic rings. The lowest BCUT2D eigenvalue weighted by Gasteiger charge is -2.12. The first-order valence-corrected chi connectivity index (χ1v) is 10.0. The number of thioether (sulfide) groups is 2. The molecule has 2 heterocycles. The van der Waals surface area contributed by atoms with Crippen LogP contribution in [-0.2, 0) is 0 Å². The van der Waals surface area contributed by atoms with Crippen LogP contribution in [-0.4, -0.2) is 0 Å². The van der Waals surface area contributed by atoms with Crippen molar-refractivity contribution in [1.82, 2.24) is 0 Å². The fraction of sp³-hybridized carbons (Fsp3) is 0.0909. The number of hydrogen-bond acceptors (Lipinski definition) is 2. The molecule has 0 radical (unpaired) electrons. The topological polar surface area (TPSA) is 0 Å². The molecule has 0 N–H and O–H groups in total. The zero-order valence-corrected chi connectivity index (χ0v) is 14.5. The molecular formula is C22H14S2. The van der Waals surface area contributed by atoms with E-state index in [4.69, 9.17) is 0 Å². The van der Waals surface area contributed by atoms with Crippen molar-refractivity contribution in [2.75, 3.05) is 0 Å². The number of fused-ring (bicyclic) bond motifs is 6. The highest BCUT2D eigenvalue weighted by atomic mass is 32.2. The fourth-order valence-electron chi connectivity index (χ4n) is 4.40. The normalized spacial score (nSPS) is 25.3. The Morgan fingerprint density at radius 3 is 1.54 bits per heavy atom. The summed E-state index contributed by atoms with van der Waals surface area (Å²) >= 11 is 3.82. The zero-order chi connectivity index (χ0) is 15.7. The van der Waals surface area contributed by atoms with E-state index in [9.17, 15) is 0 Å². The summed E-state index contributed by atoms with van der Waals surface area (Å²) in [4.78, 5) is 3.03. The standard InChI is InChI=1S/C22H14S2/c1-3-7-15-13(5-1)17-9-11-23-21(17)19(15)20-16-8-4-2-6-14(16)18-10-12-24-22(18)20/h1-12,17-18H. The van der Waals surface area contributed by atoms with Crippen LogP contribution in [0.5, 0.6) is 0 Å². The minimum atomic E-state index is 0.458. The number of hydrogen-bond donors (Lipinski definition) is 0. The van der Waals surface area contributed by atoms with Gasteiger partial charge >= 0.3 is 0 Å². The van der Waals surface area contributed by atoms with Gasteiger partial charge in [-0.25, -0.2) is 0 Å². The molecule has 2 unspecified atom stereocenters. The van der Waals surface area contributed by atoms with E-state index in [-0.39, 0.29) is 0 Å². The van der Waals surface area contributed by atoms with Gasteiger partial charge in [0.05, 0.1) is 0 Å². The molecule has 0 spiro atoms. The molecule has 2 aromatic carbocycles. The first-order chi connectivity index (χ1) is 11.9. The molecule has 0 fully saturated rings. The molecule has 0 saturated heterocycles. The highest BCUT2D eigenvalue weighted by molar-refractivity contribution is 8.06. The summed E-state index contributed by atoms with van der Waals surface area (Å²) in [6, 6.07) is 17.9. The predicted molar refractivity (Wildman–Crippen MR) is 106 cm³/mol. The molecule has 2 aromatic rings. The predicted octanol–water partition coefficient (Wildman–Crippen LogP) is 6.52. The highest BCUT2D eigenvalue weighted by Gasteiger charge is 2.40. The van der Waals surface area contributed by atoms with Gasteiger partial charge in [0.1, 0.15) is 0 Å². The van der Waals surface area contributed by atoms with Gasteiger partial charge in [0.25, 0.3) is 0 Å². The van der Waals surface area contributed by atoms with E-state index in [1.165, 1.54) is 43.2 Å². The maximum absolute atomic E-state index is 2.36. The summed E-state index contributed by atoms with van der Waals surface area (Å²) < 4.78 is 0. The Morgan fingerprint density at radius 2 is 1.04 bits per heavy atom. The van der Waals surface area contributed by atoms with E-state index >= 15 is 0 Å². The smallest absolute Gasteiger partial charge is 0.0353 e. The molecule has 0 nitrogen and oxygen atoms in total. The second kappa shape index (κ2) is 4.81. The van der Waals surface area contributed by atoms with Crippen molar-refractivity contribution in [3.05, 3.63) is 104 Å². The van der Waals surface area contributed by atoms with Gasteiger partial charge in [0.2, 0.25) is 0 Å². The SMILES string of the molecule is C1=CC2C(=C(C3=C4SC=CC4c4ccccc43)c3ccccc32)S1. The molecule has 2 heteroatoms. The Hall–Kier alpha value is -1.90. The Bertz CT molecular complexity index is 936. The lowest BCUT2D eigenvalue weighted by Crippen LogP contribution is -1.90. The summed E-state index contributed by atoms with van der Waals surface area (Å²) in [6.45, 7) is 0. The van der Waals surface area contributed by atoms with Crippen LogP contribution < -0.4 is 0 Å². The van der Waals surface area contributed by atoms with Crippen molar-refractivity contribution >= 4 is 34.7 Å². The number of rotatable bonds is 1. The van der Waals surface area contributed by atoms with Gasteiger partial charge in [-0.3, -0.25) is 0 Å². The van der Waals surface area contributed by atoms with Crippen LogP contribution in [0.3, 0.4) is 0 Å². The number of benzene rings is 2. The fourth-order valence-corrected chi connectivity index (χ4v) is 6.52. The third-order valence-electron chi connectivity index (χ3n) is 5.37. The molecule has 6 rings (SSSR count). The largest absolute Gasteiger partial charge is 0.101 e. The molecule has 0 amide bonds. The summed E-state index contributed by atoms with van der Waals surface area (Å²) in [5.74, 6) is 0.916. The van der Waals surface area contributed by atoms with E-state index in [1.54, 1.807) is 0 Å². The van der Waals surface area contributed by atoms with Crippen LogP contribution in [0.4, 0.5) is 0 Å². The Kier molecular flexibility index (Phi) is 2.68. The molecule has 0 aromatic heterocycles. The average molecular weight is 342 g/mol. The Morgan fingerprint density at radius 1 is 0.583 bits per heavy atom. The lowest BCUT2D eigenvalue weighted by molar-refractivity contribution is 1.11. The minimum Gasteiger partial charge on any atom is -0.101 e. The van der Waals surface area contributed by atoms with Gasteiger partial charge in [0, 0.05) is 32.8 Å². The zero-order valence-electron chi connectivity index (χ0n) is 12.9. The second-order valence-electron chi connectivity index (χ2n) is 6.50. The minimum absolute atomic E-state index is 0.458. The van der Waals surface area contributed by atoms with E-state index in [1.807, 2.05) is 23.5 Å². The van der Waals surface area contributed by atoms with Crippen LogP contribution >= 0.6 is 23.5 Å². The lowest BCUT2D eigenvalue weighted by atomic mass is 9.94. The summed E-state index contributed by atoms with van der Waals surface area (Å²) in [6.07, 6.45) is 4.71. The van der Waals surface area contributed by atoms with Crippen molar-refractivity contribution < 1.29 is 0 Å². The van der Waals surface area contributed by atoms with Gasteiger partial charge in [-0.05, 0) is 33.1 Å². The molecule has 114 valence electrons. The third kappa shape index (κ3) is 1.58. The van der Waals surface area contributed by atoms with Crippen LogP contribution in [0.25, 0.3) is 11.1 Å². The van der Waals surface area contributed by atoms with Crippen LogP contribution in [0.15, 0.2) is 81.3 Å². The van der Waals surface area contributed by atoms with E-state index in [0.717, 1.165) is 0 Å². The summed E-state index contributed by atoms with van der Waals surface area (Å²) in [7, 11) is 0. The quantitative estimate of drug-likeness (QED) is 0.578. The summed E-state index contributed by atoms with van der Waals surface area (Å²) in [5, 5.41) is 4.53. The van der Waals surface area contributed by atoms with Gasteiger partial charge in [-0.2, -0.15) is 0 Å². The van der Waals surface area contributed by atoms with Gasteiger partial charge < -0.3 is 0 Å². The first-order valence-electron chi connectivity index (χ1n) is 8.27. The van der Waals surface area contributed by atoms with E-state index in [2.05, 4.69) is 71.5 Å².